The largest absolute Gasteiger partial charge is 0.494 e. The number of ether oxygens (including phenoxy) is 2. The Balaban J connectivity index is 1.63. The second-order valence-corrected chi connectivity index (χ2v) is 9.46. The van der Waals surface area contributed by atoms with Crippen molar-refractivity contribution >= 4 is 38.9 Å². The van der Waals surface area contributed by atoms with Gasteiger partial charge in [-0.1, -0.05) is 17.7 Å². The Morgan fingerprint density at radius 1 is 0.909 bits per heavy atom. The van der Waals surface area contributed by atoms with Gasteiger partial charge in [-0.15, -0.1) is 0 Å². The van der Waals surface area contributed by atoms with Crippen LogP contribution in [0.25, 0.3) is 0 Å². The molecule has 0 aliphatic carbocycles. The number of hydrogen-bond donors (Lipinski definition) is 2. The fourth-order valence-corrected chi connectivity index (χ4v) is 4.54. The smallest absolute Gasteiger partial charge is 0.262 e. The van der Waals surface area contributed by atoms with E-state index in [-0.39, 0.29) is 28.2 Å². The summed E-state index contributed by atoms with van der Waals surface area (Å²) < 4.78 is 38.7. The third kappa shape index (κ3) is 6.87. The predicted octanol–water partition coefficient (Wildman–Crippen LogP) is 5.17. The van der Waals surface area contributed by atoms with E-state index in [1.165, 1.54) is 18.2 Å². The molecule has 3 aromatic carbocycles. The van der Waals surface area contributed by atoms with E-state index in [1.807, 2.05) is 39.0 Å². The van der Waals surface area contributed by atoms with Crippen LogP contribution >= 0.6 is 11.6 Å². The van der Waals surface area contributed by atoms with Gasteiger partial charge in [0.15, 0.2) is 6.61 Å². The van der Waals surface area contributed by atoms with Crippen LogP contribution < -0.4 is 19.5 Å². The van der Waals surface area contributed by atoms with Gasteiger partial charge >= 0.3 is 0 Å². The van der Waals surface area contributed by atoms with Crippen LogP contribution in [-0.2, 0) is 14.8 Å². The molecule has 0 fully saturated rings. The lowest BCUT2D eigenvalue weighted by molar-refractivity contribution is -0.118. The van der Waals surface area contributed by atoms with E-state index in [0.717, 1.165) is 11.1 Å². The maximum atomic E-state index is 12.7. The first-order valence-electron chi connectivity index (χ1n) is 10.2. The summed E-state index contributed by atoms with van der Waals surface area (Å²) >= 11 is 6.21. The van der Waals surface area contributed by atoms with Crippen molar-refractivity contribution in [3.8, 4) is 11.5 Å². The third-order valence-corrected chi connectivity index (χ3v) is 6.17. The van der Waals surface area contributed by atoms with Crippen molar-refractivity contribution in [1.82, 2.24) is 0 Å². The van der Waals surface area contributed by atoms with Crippen molar-refractivity contribution in [3.05, 3.63) is 76.8 Å². The van der Waals surface area contributed by atoms with E-state index >= 15 is 0 Å². The molecular weight excluding hydrogens is 464 g/mol. The number of hydrogen-bond acceptors (Lipinski definition) is 5. The van der Waals surface area contributed by atoms with E-state index in [1.54, 1.807) is 24.3 Å². The molecule has 0 aliphatic rings. The minimum atomic E-state index is -3.87. The molecule has 1 amide bonds. The Morgan fingerprint density at radius 2 is 1.58 bits per heavy atom. The van der Waals surface area contributed by atoms with Crippen molar-refractivity contribution in [2.75, 3.05) is 23.3 Å². The molecule has 0 heterocycles. The standard InChI is InChI=1S/C24H25ClN2O5S/c1-4-31-20-7-5-18(6-8-20)27-33(29,30)21-9-10-23(22(25)14-21)32-15-24(28)26-19-12-16(2)11-17(3)13-19/h5-14,27H,4,15H2,1-3H3,(H,26,28). The molecule has 0 aromatic heterocycles. The second kappa shape index (κ2) is 10.6. The monoisotopic (exact) mass is 488 g/mol. The number of amides is 1. The van der Waals surface area contributed by atoms with Crippen molar-refractivity contribution < 1.29 is 22.7 Å². The highest BCUT2D eigenvalue weighted by Gasteiger charge is 2.17. The van der Waals surface area contributed by atoms with Crippen LogP contribution in [0.1, 0.15) is 18.1 Å². The molecule has 33 heavy (non-hydrogen) atoms. The molecule has 0 spiro atoms. The van der Waals surface area contributed by atoms with Gasteiger partial charge in [-0.25, -0.2) is 8.42 Å². The molecule has 0 unspecified atom stereocenters. The third-order valence-electron chi connectivity index (χ3n) is 4.50. The highest BCUT2D eigenvalue weighted by Crippen LogP contribution is 2.28. The van der Waals surface area contributed by atoms with Gasteiger partial charge in [-0.3, -0.25) is 9.52 Å². The van der Waals surface area contributed by atoms with Gasteiger partial charge < -0.3 is 14.8 Å². The van der Waals surface area contributed by atoms with Gasteiger partial charge in [0.25, 0.3) is 15.9 Å². The lowest BCUT2D eigenvalue weighted by Crippen LogP contribution is -2.20. The maximum absolute atomic E-state index is 12.7. The molecule has 0 saturated carbocycles. The zero-order valence-electron chi connectivity index (χ0n) is 18.5. The number of carbonyl (C=O) groups excluding carboxylic acids is 1. The fraction of sp³-hybridized carbons (Fsp3) is 0.208. The summed E-state index contributed by atoms with van der Waals surface area (Å²) in [6, 6.07) is 16.3. The molecule has 3 rings (SSSR count). The Kier molecular flexibility index (Phi) is 7.84. The molecule has 9 heteroatoms. The topological polar surface area (TPSA) is 93.7 Å². The molecule has 2 N–H and O–H groups in total. The number of carbonyl (C=O) groups is 1. The van der Waals surface area contributed by atoms with E-state index in [4.69, 9.17) is 21.1 Å². The normalized spacial score (nSPS) is 11.0. The van der Waals surface area contributed by atoms with E-state index in [0.29, 0.717) is 23.7 Å². The Morgan fingerprint density at radius 3 is 2.18 bits per heavy atom. The first-order chi connectivity index (χ1) is 15.7. The fourth-order valence-electron chi connectivity index (χ4n) is 3.15. The number of halogens is 1. The Hall–Kier alpha value is -3.23. The molecule has 3 aromatic rings. The number of benzene rings is 3. The first kappa shape index (κ1) is 24.4. The molecule has 174 valence electrons. The lowest BCUT2D eigenvalue weighted by Gasteiger charge is -2.12. The summed E-state index contributed by atoms with van der Waals surface area (Å²) in [6.45, 7) is 6.00. The van der Waals surface area contributed by atoms with Crippen LogP contribution in [0.2, 0.25) is 5.02 Å². The molecule has 0 bridgehead atoms. The summed E-state index contributed by atoms with van der Waals surface area (Å²) in [6.07, 6.45) is 0. The molecule has 7 nitrogen and oxygen atoms in total. The van der Waals surface area contributed by atoms with Crippen LogP contribution in [0.4, 0.5) is 11.4 Å². The highest BCUT2D eigenvalue weighted by atomic mass is 35.5. The Bertz CT molecular complexity index is 1220. The van der Waals surface area contributed by atoms with Crippen LogP contribution in [0.15, 0.2) is 65.6 Å². The van der Waals surface area contributed by atoms with Gasteiger partial charge in [-0.05, 0) is 86.5 Å². The van der Waals surface area contributed by atoms with Crippen LogP contribution in [0.3, 0.4) is 0 Å². The summed E-state index contributed by atoms with van der Waals surface area (Å²) in [5.41, 5.74) is 3.13. The molecule has 0 radical (unpaired) electrons. The number of aryl methyl sites for hydroxylation is 2. The molecular formula is C24H25ClN2O5S. The quantitative estimate of drug-likeness (QED) is 0.433. The zero-order valence-corrected chi connectivity index (χ0v) is 20.1. The second-order valence-electron chi connectivity index (χ2n) is 7.37. The first-order valence-corrected chi connectivity index (χ1v) is 12.1. The van der Waals surface area contributed by atoms with Gasteiger partial charge in [0.1, 0.15) is 11.5 Å². The van der Waals surface area contributed by atoms with Gasteiger partial charge in [-0.2, -0.15) is 0 Å². The number of nitrogens with one attached hydrogen (secondary N) is 2. The average Bonchev–Trinajstić information content (AvgIpc) is 2.73. The van der Waals surface area contributed by atoms with Crippen molar-refractivity contribution in [2.45, 2.75) is 25.7 Å². The number of rotatable bonds is 9. The van der Waals surface area contributed by atoms with Gasteiger partial charge in [0.2, 0.25) is 0 Å². The van der Waals surface area contributed by atoms with E-state index in [9.17, 15) is 13.2 Å². The van der Waals surface area contributed by atoms with Crippen LogP contribution in [0.5, 0.6) is 11.5 Å². The van der Waals surface area contributed by atoms with E-state index in [2.05, 4.69) is 10.0 Å². The summed E-state index contributed by atoms with van der Waals surface area (Å²) in [7, 11) is -3.87. The van der Waals surface area contributed by atoms with Crippen LogP contribution in [-0.4, -0.2) is 27.5 Å². The molecule has 0 atom stereocenters. The van der Waals surface area contributed by atoms with Gasteiger partial charge in [0.05, 0.1) is 16.5 Å². The van der Waals surface area contributed by atoms with Crippen LogP contribution in [0, 0.1) is 13.8 Å². The average molecular weight is 489 g/mol. The molecule has 0 saturated heterocycles. The van der Waals surface area contributed by atoms with Crippen molar-refractivity contribution in [2.24, 2.45) is 0 Å². The highest BCUT2D eigenvalue weighted by molar-refractivity contribution is 7.92. The van der Waals surface area contributed by atoms with Crippen molar-refractivity contribution in [3.63, 3.8) is 0 Å². The summed E-state index contributed by atoms with van der Waals surface area (Å²) in [4.78, 5) is 12.2. The number of sulfonamides is 1. The SMILES string of the molecule is CCOc1ccc(NS(=O)(=O)c2ccc(OCC(=O)Nc3cc(C)cc(C)c3)c(Cl)c2)cc1. The minimum absolute atomic E-state index is 0.0339. The van der Waals surface area contributed by atoms with E-state index < -0.39 is 10.0 Å². The van der Waals surface area contributed by atoms with Gasteiger partial charge in [0, 0.05) is 11.4 Å². The lowest BCUT2D eigenvalue weighted by atomic mass is 10.1. The maximum Gasteiger partial charge on any atom is 0.262 e. The van der Waals surface area contributed by atoms with Crippen molar-refractivity contribution in [1.29, 1.82) is 0 Å². The summed E-state index contributed by atoms with van der Waals surface area (Å²) in [5.74, 6) is 0.490. The number of anilines is 2. The predicted molar refractivity (Wildman–Crippen MR) is 130 cm³/mol. The Labute approximate surface area is 198 Å². The zero-order chi connectivity index (χ0) is 24.0. The minimum Gasteiger partial charge on any atom is -0.494 e. The molecule has 0 aliphatic heterocycles. The summed E-state index contributed by atoms with van der Waals surface area (Å²) in [5, 5.41) is 2.84.